The third-order valence-electron chi connectivity index (χ3n) is 7.27. The van der Waals surface area contributed by atoms with E-state index in [9.17, 15) is 34.0 Å². The van der Waals surface area contributed by atoms with Gasteiger partial charge in [0.2, 0.25) is 5.82 Å². The van der Waals surface area contributed by atoms with E-state index in [1.807, 2.05) is 24.3 Å². The van der Waals surface area contributed by atoms with E-state index in [0.29, 0.717) is 11.5 Å². The number of aliphatic carboxylic acids is 1. The summed E-state index contributed by atoms with van der Waals surface area (Å²) in [5, 5.41) is 37.0. The van der Waals surface area contributed by atoms with Gasteiger partial charge >= 0.3 is 17.7 Å². The molecule has 1 saturated carbocycles. The van der Waals surface area contributed by atoms with Gasteiger partial charge in [-0.25, -0.2) is 9.59 Å². The molecule has 220 valence electrons. The topological polar surface area (TPSA) is 171 Å². The summed E-state index contributed by atoms with van der Waals surface area (Å²) in [7, 11) is 0. The normalized spacial score (nSPS) is 14.8. The molecule has 3 aromatic carbocycles. The van der Waals surface area contributed by atoms with Crippen molar-refractivity contribution >= 4 is 29.3 Å². The molecular weight excluding hydrogens is 547 g/mol. The Hall–Kier alpha value is -4.84. The lowest BCUT2D eigenvalue weighted by Crippen LogP contribution is -2.36. The van der Waals surface area contributed by atoms with E-state index >= 15 is 0 Å². The average molecular weight is 579 g/mol. The number of carbonyl (C=O) groups excluding carboxylic acids is 2. The van der Waals surface area contributed by atoms with Gasteiger partial charge in [0.1, 0.15) is 0 Å². The highest BCUT2D eigenvalue weighted by Crippen LogP contribution is 2.34. The Morgan fingerprint density at radius 3 is 2.17 bits per heavy atom. The summed E-state index contributed by atoms with van der Waals surface area (Å²) in [5.74, 6) is -2.58. The number of halogens is 1. The number of nitrogens with one attached hydrogen (secondary N) is 3. The SMILES string of the molecule is O=C(Nc1ccc(F)c([N+](=O)[O-])c1)NC(c1ccc(C(=O)NCC(O)C(=O)O)cc1)c1ccc(C2CCCCC2)cc1. The van der Waals surface area contributed by atoms with Crippen molar-refractivity contribution in [3.8, 4) is 0 Å². The van der Waals surface area contributed by atoms with Crippen LogP contribution in [-0.4, -0.2) is 45.7 Å². The number of nitro groups is 1. The first-order valence-corrected chi connectivity index (χ1v) is 13.5. The number of amides is 3. The molecule has 0 saturated heterocycles. The molecule has 42 heavy (non-hydrogen) atoms. The maximum Gasteiger partial charge on any atom is 0.334 e. The van der Waals surface area contributed by atoms with Crippen molar-refractivity contribution in [1.82, 2.24) is 10.6 Å². The van der Waals surface area contributed by atoms with E-state index in [2.05, 4.69) is 16.0 Å². The van der Waals surface area contributed by atoms with Crippen molar-refractivity contribution in [1.29, 1.82) is 0 Å². The summed E-state index contributed by atoms with van der Waals surface area (Å²) < 4.78 is 13.8. The molecule has 0 spiro atoms. The number of hydrogen-bond donors (Lipinski definition) is 5. The fraction of sp³-hybridized carbons (Fsp3) is 0.300. The van der Waals surface area contributed by atoms with Crippen LogP contribution in [0, 0.1) is 15.9 Å². The number of carboxylic acids is 1. The first-order valence-electron chi connectivity index (χ1n) is 13.5. The summed E-state index contributed by atoms with van der Waals surface area (Å²) in [6.45, 7) is -0.463. The maximum absolute atomic E-state index is 13.8. The number of anilines is 1. The van der Waals surface area contributed by atoms with E-state index in [-0.39, 0.29) is 11.3 Å². The fourth-order valence-corrected chi connectivity index (χ4v) is 4.99. The summed E-state index contributed by atoms with van der Waals surface area (Å²) in [6.07, 6.45) is 4.13. The van der Waals surface area contributed by atoms with E-state index in [1.54, 1.807) is 12.1 Å². The molecule has 0 aliphatic heterocycles. The van der Waals surface area contributed by atoms with Gasteiger partial charge in [-0.1, -0.05) is 55.7 Å². The molecule has 0 bridgehead atoms. The molecule has 4 rings (SSSR count). The smallest absolute Gasteiger partial charge is 0.334 e. The Kier molecular flexibility index (Phi) is 9.81. The second-order valence-electron chi connectivity index (χ2n) is 10.1. The molecule has 0 aromatic heterocycles. The zero-order valence-corrected chi connectivity index (χ0v) is 22.6. The van der Waals surface area contributed by atoms with E-state index in [4.69, 9.17) is 5.11 Å². The van der Waals surface area contributed by atoms with Crippen LogP contribution >= 0.6 is 0 Å². The highest BCUT2D eigenvalue weighted by Gasteiger charge is 2.22. The van der Waals surface area contributed by atoms with Crippen molar-refractivity contribution in [3.63, 3.8) is 0 Å². The fourth-order valence-electron chi connectivity index (χ4n) is 4.99. The number of aliphatic hydroxyl groups is 1. The van der Waals surface area contributed by atoms with Crippen LogP contribution in [0.25, 0.3) is 0 Å². The number of nitrogens with zero attached hydrogens (tertiary/aromatic N) is 1. The minimum atomic E-state index is -1.74. The number of benzene rings is 3. The molecule has 1 aliphatic rings. The number of nitro benzene ring substituents is 1. The van der Waals surface area contributed by atoms with Crippen LogP contribution in [0.3, 0.4) is 0 Å². The van der Waals surface area contributed by atoms with Crippen molar-refractivity contribution in [2.75, 3.05) is 11.9 Å². The van der Waals surface area contributed by atoms with Crippen LogP contribution in [0.15, 0.2) is 66.7 Å². The molecule has 1 aliphatic carbocycles. The quantitative estimate of drug-likeness (QED) is 0.169. The van der Waals surface area contributed by atoms with Gasteiger partial charge < -0.3 is 26.2 Å². The first-order chi connectivity index (χ1) is 20.1. The molecule has 12 heteroatoms. The van der Waals surface area contributed by atoms with Crippen LogP contribution in [0.4, 0.5) is 20.6 Å². The minimum Gasteiger partial charge on any atom is -0.479 e. The Bertz CT molecular complexity index is 1440. The lowest BCUT2D eigenvalue weighted by atomic mass is 9.83. The van der Waals surface area contributed by atoms with Gasteiger partial charge in [0.25, 0.3) is 5.91 Å². The zero-order chi connectivity index (χ0) is 30.2. The highest BCUT2D eigenvalue weighted by atomic mass is 19.1. The monoisotopic (exact) mass is 578 g/mol. The predicted octanol–water partition coefficient (Wildman–Crippen LogP) is 4.87. The minimum absolute atomic E-state index is 0.0302. The van der Waals surface area contributed by atoms with Gasteiger partial charge in [-0.3, -0.25) is 14.9 Å². The van der Waals surface area contributed by atoms with Gasteiger partial charge in [-0.05, 0) is 59.7 Å². The highest BCUT2D eigenvalue weighted by molar-refractivity contribution is 5.94. The number of hydrogen-bond acceptors (Lipinski definition) is 6. The summed E-state index contributed by atoms with van der Waals surface area (Å²) in [5.41, 5.74) is 2.05. The molecule has 0 heterocycles. The molecule has 2 unspecified atom stereocenters. The van der Waals surface area contributed by atoms with Crippen molar-refractivity contribution < 1.29 is 33.9 Å². The van der Waals surface area contributed by atoms with Gasteiger partial charge in [-0.15, -0.1) is 0 Å². The molecule has 1 fully saturated rings. The van der Waals surface area contributed by atoms with Gasteiger partial charge in [0.15, 0.2) is 6.10 Å². The summed E-state index contributed by atoms with van der Waals surface area (Å²) in [6, 6.07) is 15.8. The largest absolute Gasteiger partial charge is 0.479 e. The molecular formula is C30H31FN4O7. The van der Waals surface area contributed by atoms with Crippen molar-refractivity contribution in [2.45, 2.75) is 50.2 Å². The molecule has 5 N–H and O–H groups in total. The van der Waals surface area contributed by atoms with E-state index in [0.717, 1.165) is 30.5 Å². The summed E-state index contributed by atoms with van der Waals surface area (Å²) in [4.78, 5) is 46.4. The van der Waals surface area contributed by atoms with E-state index < -0.39 is 53.0 Å². The van der Waals surface area contributed by atoms with Gasteiger partial charge in [0, 0.05) is 17.3 Å². The Morgan fingerprint density at radius 1 is 0.952 bits per heavy atom. The first kappa shape index (κ1) is 30.1. The van der Waals surface area contributed by atoms with Crippen LogP contribution in [0.5, 0.6) is 0 Å². The Balaban J connectivity index is 1.55. The standard InChI is InChI=1S/C30H31FN4O7/c31-24-15-14-23(16-25(24)35(41)42)33-30(40)34-27(20-8-6-19(7-9-20)18-4-2-1-3-5-18)21-10-12-22(13-11-21)28(37)32-17-26(36)29(38)39/h6-16,18,26-27,36H,1-5,17H2,(H,32,37)(H,38,39)(H2,33,34,40). The second kappa shape index (κ2) is 13.7. The molecule has 3 amide bonds. The number of carbonyl (C=O) groups is 3. The van der Waals surface area contributed by atoms with Crippen LogP contribution in [0.2, 0.25) is 0 Å². The van der Waals surface area contributed by atoms with Crippen molar-refractivity contribution in [2.24, 2.45) is 0 Å². The van der Waals surface area contributed by atoms with Crippen molar-refractivity contribution in [3.05, 3.63) is 105 Å². The number of rotatable bonds is 10. The zero-order valence-electron chi connectivity index (χ0n) is 22.6. The Morgan fingerprint density at radius 2 is 1.57 bits per heavy atom. The lowest BCUT2D eigenvalue weighted by Gasteiger charge is -2.24. The number of aliphatic hydroxyl groups excluding tert-OH is 1. The van der Waals surface area contributed by atoms with Gasteiger partial charge in [0.05, 0.1) is 17.5 Å². The lowest BCUT2D eigenvalue weighted by molar-refractivity contribution is -0.387. The maximum atomic E-state index is 13.8. The van der Waals surface area contributed by atoms with Crippen LogP contribution < -0.4 is 16.0 Å². The van der Waals surface area contributed by atoms with Crippen LogP contribution in [0.1, 0.15) is 71.1 Å². The number of carboxylic acid groups (broad SMARTS) is 1. The molecule has 11 nitrogen and oxygen atoms in total. The molecule has 3 aromatic rings. The molecule has 2 atom stereocenters. The molecule has 0 radical (unpaired) electrons. The van der Waals surface area contributed by atoms with E-state index in [1.165, 1.54) is 43.0 Å². The predicted molar refractivity (Wildman–Crippen MR) is 152 cm³/mol. The van der Waals surface area contributed by atoms with Crippen LogP contribution in [-0.2, 0) is 4.79 Å². The van der Waals surface area contributed by atoms with Gasteiger partial charge in [-0.2, -0.15) is 4.39 Å². The average Bonchev–Trinajstić information content (AvgIpc) is 3.00. The third-order valence-corrected chi connectivity index (χ3v) is 7.27. The third kappa shape index (κ3) is 7.67. The Labute approximate surface area is 240 Å². The number of urea groups is 1. The summed E-state index contributed by atoms with van der Waals surface area (Å²) >= 11 is 0. The second-order valence-corrected chi connectivity index (χ2v) is 10.1.